The molecule has 2 aromatic rings. The van der Waals surface area contributed by atoms with E-state index in [0.717, 1.165) is 38.5 Å². The number of rotatable bonds is 7. The van der Waals surface area contributed by atoms with Crippen LogP contribution in [0, 0.1) is 0 Å². The second-order valence-electron chi connectivity index (χ2n) is 14.5. The molecule has 0 atom stereocenters. The second-order valence-corrected chi connectivity index (χ2v) is 18.2. The minimum absolute atomic E-state index is 0.167. The average molecular weight is 546 g/mol. The molecule has 0 saturated carbocycles. The summed E-state index contributed by atoms with van der Waals surface area (Å²) in [6, 6.07) is 8.63. The molecule has 0 radical (unpaired) electrons. The van der Waals surface area contributed by atoms with Crippen molar-refractivity contribution in [1.82, 2.24) is 0 Å². The van der Waals surface area contributed by atoms with Crippen LogP contribution >= 0.6 is 23.5 Å². The smallest absolute Gasteiger partial charge is 0.123 e. The molecule has 37 heavy (non-hydrogen) atoms. The van der Waals surface area contributed by atoms with Gasteiger partial charge in [0.15, 0.2) is 0 Å². The number of nitrogens with two attached hydrogens (primary N) is 1. The van der Waals surface area contributed by atoms with E-state index in [1.807, 2.05) is 23.5 Å². The lowest BCUT2D eigenvalue weighted by Gasteiger charge is -2.32. The van der Waals surface area contributed by atoms with Gasteiger partial charge in [0.2, 0.25) is 0 Å². The predicted octanol–water partition coefficient (Wildman–Crippen LogP) is 9.24. The third-order valence-electron chi connectivity index (χ3n) is 6.82. The van der Waals surface area contributed by atoms with Gasteiger partial charge in [-0.2, -0.15) is 0 Å². The topological polar surface area (TPSA) is 66.5 Å². The van der Waals surface area contributed by atoms with Crippen molar-refractivity contribution in [1.29, 1.82) is 0 Å². The SMILES string of the molecule is CC(C)(Sc1cc(C(C)(C)C)c(O)c(C(C)(C)C)c1)Sc1cc(C(C)(C)C)c(O)c(C(C)(C)CCN)c1. The summed E-state index contributed by atoms with van der Waals surface area (Å²) in [5.41, 5.74) is 9.08. The summed E-state index contributed by atoms with van der Waals surface area (Å²) in [5.74, 6) is 0.805. The predicted molar refractivity (Wildman–Crippen MR) is 165 cm³/mol. The highest BCUT2D eigenvalue weighted by atomic mass is 32.2. The Kier molecular flexibility index (Phi) is 9.23. The van der Waals surface area contributed by atoms with E-state index in [4.69, 9.17) is 5.73 Å². The summed E-state index contributed by atoms with van der Waals surface area (Å²) in [6.07, 6.45) is 0.801. The molecule has 0 saturated heterocycles. The molecule has 0 aliphatic rings. The summed E-state index contributed by atoms with van der Waals surface area (Å²) < 4.78 is -0.192. The Hall–Kier alpha value is -1.30. The zero-order chi connectivity index (χ0) is 28.8. The molecule has 0 amide bonds. The largest absolute Gasteiger partial charge is 0.507 e. The molecule has 0 aromatic heterocycles. The van der Waals surface area contributed by atoms with Gasteiger partial charge in [0, 0.05) is 32.0 Å². The molecule has 208 valence electrons. The minimum atomic E-state index is -0.229. The van der Waals surface area contributed by atoms with Crippen LogP contribution in [0.5, 0.6) is 11.5 Å². The summed E-state index contributed by atoms with van der Waals surface area (Å²) in [5, 5.41) is 22.5. The van der Waals surface area contributed by atoms with Crippen molar-refractivity contribution >= 4 is 23.5 Å². The van der Waals surface area contributed by atoms with E-state index in [1.165, 1.54) is 0 Å². The molecule has 0 spiro atoms. The Bertz CT molecular complexity index is 1080. The van der Waals surface area contributed by atoms with Crippen molar-refractivity contribution in [3.8, 4) is 11.5 Å². The van der Waals surface area contributed by atoms with Crippen LogP contribution < -0.4 is 5.73 Å². The van der Waals surface area contributed by atoms with Gasteiger partial charge in [-0.05, 0) is 72.7 Å². The molecule has 3 nitrogen and oxygen atoms in total. The quantitative estimate of drug-likeness (QED) is 0.239. The summed E-state index contributed by atoms with van der Waals surface area (Å²) in [4.78, 5) is 2.30. The molecule has 0 heterocycles. The Labute approximate surface area is 235 Å². The lowest BCUT2D eigenvalue weighted by atomic mass is 9.77. The van der Waals surface area contributed by atoms with Crippen LogP contribution in [-0.2, 0) is 21.7 Å². The van der Waals surface area contributed by atoms with Crippen molar-refractivity contribution in [2.45, 2.75) is 132 Å². The number of phenolic OH excluding ortho intramolecular Hbond substituents is 2. The Morgan fingerprint density at radius 2 is 0.865 bits per heavy atom. The maximum atomic E-state index is 11.3. The van der Waals surface area contributed by atoms with Crippen molar-refractivity contribution < 1.29 is 10.2 Å². The first-order chi connectivity index (χ1) is 16.5. The van der Waals surface area contributed by atoms with Gasteiger partial charge < -0.3 is 15.9 Å². The number of phenols is 2. The minimum Gasteiger partial charge on any atom is -0.507 e. The molecule has 0 aliphatic heterocycles. The monoisotopic (exact) mass is 545 g/mol. The lowest BCUT2D eigenvalue weighted by Crippen LogP contribution is -2.24. The van der Waals surface area contributed by atoms with Gasteiger partial charge in [0.05, 0.1) is 4.08 Å². The molecule has 5 heteroatoms. The second kappa shape index (κ2) is 10.7. The van der Waals surface area contributed by atoms with Crippen molar-refractivity contribution in [3.63, 3.8) is 0 Å². The van der Waals surface area contributed by atoms with E-state index in [2.05, 4.69) is 114 Å². The number of hydrogen-bond acceptors (Lipinski definition) is 5. The first-order valence-electron chi connectivity index (χ1n) is 13.3. The molecule has 2 aromatic carbocycles. The highest BCUT2D eigenvalue weighted by molar-refractivity contribution is 8.18. The highest BCUT2D eigenvalue weighted by Gasteiger charge is 2.32. The third kappa shape index (κ3) is 7.86. The molecular weight excluding hydrogens is 494 g/mol. The van der Waals surface area contributed by atoms with Gasteiger partial charge in [-0.15, -0.1) is 23.5 Å². The van der Waals surface area contributed by atoms with Crippen LogP contribution in [0.3, 0.4) is 0 Å². The van der Waals surface area contributed by atoms with Crippen LogP contribution in [0.15, 0.2) is 34.1 Å². The summed E-state index contributed by atoms with van der Waals surface area (Å²) >= 11 is 3.64. The van der Waals surface area contributed by atoms with Crippen molar-refractivity contribution in [2.24, 2.45) is 5.73 Å². The van der Waals surface area contributed by atoms with Crippen LogP contribution in [0.4, 0.5) is 0 Å². The van der Waals surface area contributed by atoms with E-state index in [1.54, 1.807) is 0 Å². The van der Waals surface area contributed by atoms with Gasteiger partial charge >= 0.3 is 0 Å². The van der Waals surface area contributed by atoms with Gasteiger partial charge in [-0.1, -0.05) is 76.2 Å². The molecule has 0 bridgehead atoms. The first-order valence-corrected chi connectivity index (χ1v) is 15.0. The van der Waals surface area contributed by atoms with E-state index in [9.17, 15) is 10.2 Å². The zero-order valence-corrected chi connectivity index (χ0v) is 27.1. The van der Waals surface area contributed by atoms with Crippen LogP contribution in [0.2, 0.25) is 0 Å². The third-order valence-corrected chi connectivity index (χ3v) is 9.24. The van der Waals surface area contributed by atoms with Gasteiger partial charge in [0.1, 0.15) is 11.5 Å². The molecule has 0 aliphatic carbocycles. The fourth-order valence-corrected chi connectivity index (χ4v) is 7.24. The normalized spacial score (nSPS) is 13.8. The lowest BCUT2D eigenvalue weighted by molar-refractivity contribution is 0.405. The van der Waals surface area contributed by atoms with Crippen LogP contribution in [-0.4, -0.2) is 20.8 Å². The van der Waals surface area contributed by atoms with Gasteiger partial charge in [0.25, 0.3) is 0 Å². The molecule has 4 N–H and O–H groups in total. The molecular formula is C32H51NO2S2. The summed E-state index contributed by atoms with van der Waals surface area (Å²) in [6.45, 7) is 28.7. The number of aromatic hydroxyl groups is 2. The van der Waals surface area contributed by atoms with E-state index < -0.39 is 0 Å². The number of benzene rings is 2. The Morgan fingerprint density at radius 1 is 0.568 bits per heavy atom. The fraction of sp³-hybridized carbons (Fsp3) is 0.625. The standard InChI is InChI=1S/C32H51NO2S2/c1-28(2,3)22-16-20(17-23(26(22)34)29(4,5)6)36-32(12,13)37-21-18-24(30(7,8)9)27(35)25(19-21)31(10,11)14-15-33/h16-19,34-35H,14-15,33H2,1-13H3. The van der Waals surface area contributed by atoms with Crippen molar-refractivity contribution in [3.05, 3.63) is 46.5 Å². The zero-order valence-electron chi connectivity index (χ0n) is 25.5. The van der Waals surface area contributed by atoms with Crippen molar-refractivity contribution in [2.75, 3.05) is 6.54 Å². The van der Waals surface area contributed by atoms with Crippen LogP contribution in [0.25, 0.3) is 0 Å². The van der Waals surface area contributed by atoms with Gasteiger partial charge in [-0.3, -0.25) is 0 Å². The van der Waals surface area contributed by atoms with E-state index in [-0.39, 0.29) is 25.7 Å². The highest BCUT2D eigenvalue weighted by Crippen LogP contribution is 2.51. The Morgan fingerprint density at radius 3 is 1.16 bits per heavy atom. The van der Waals surface area contributed by atoms with E-state index in [0.29, 0.717) is 18.0 Å². The Balaban J connectivity index is 2.59. The average Bonchev–Trinajstić information content (AvgIpc) is 2.67. The van der Waals surface area contributed by atoms with Gasteiger partial charge in [-0.25, -0.2) is 0 Å². The van der Waals surface area contributed by atoms with E-state index >= 15 is 0 Å². The van der Waals surface area contributed by atoms with Crippen LogP contribution in [0.1, 0.15) is 119 Å². The molecule has 0 fully saturated rings. The summed E-state index contributed by atoms with van der Waals surface area (Å²) in [7, 11) is 0. The molecule has 0 unspecified atom stereocenters. The maximum Gasteiger partial charge on any atom is 0.123 e. The number of hydrogen-bond donors (Lipinski definition) is 3. The maximum absolute atomic E-state index is 11.3. The fourth-order valence-electron chi connectivity index (χ4n) is 4.65. The number of thioether (sulfide) groups is 2. The molecule has 2 rings (SSSR count). The first kappa shape index (κ1) is 31.9.